The van der Waals surface area contributed by atoms with Crippen LogP contribution in [0.2, 0.25) is 0 Å². The number of carbonyl (C=O) groups excluding carboxylic acids is 1. The van der Waals surface area contributed by atoms with E-state index in [-0.39, 0.29) is 0 Å². The fourth-order valence-electron chi connectivity index (χ4n) is 1.18. The minimum atomic E-state index is 0.528. The highest BCUT2D eigenvalue weighted by atomic mass is 16.1. The maximum atomic E-state index is 10.4. The average Bonchev–Trinajstić information content (AvgIpc) is 2.18. The molecule has 0 aliphatic carbocycles. The van der Waals surface area contributed by atoms with Gasteiger partial charge in [0.05, 0.1) is 0 Å². The molecule has 0 unspecified atom stereocenters. The molecule has 0 atom stereocenters. The number of benzene rings is 1. The Labute approximate surface area is 83.0 Å². The average molecular weight is 191 g/mol. The van der Waals surface area contributed by atoms with Gasteiger partial charge in [0.15, 0.2) is 5.84 Å². The first-order valence-corrected chi connectivity index (χ1v) is 4.30. The second-order valence-electron chi connectivity index (χ2n) is 2.76. The molecule has 2 N–H and O–H groups in total. The molecule has 0 bridgehead atoms. The van der Waals surface area contributed by atoms with E-state index in [0.29, 0.717) is 12.2 Å². The highest BCUT2D eigenvalue weighted by molar-refractivity contribution is 6.04. The Balaban J connectivity index is 3.05. The van der Waals surface area contributed by atoms with Crippen molar-refractivity contribution in [2.75, 3.05) is 7.05 Å². The zero-order chi connectivity index (χ0) is 10.4. The summed E-state index contributed by atoms with van der Waals surface area (Å²) in [6.07, 6.45) is 0.614. The van der Waals surface area contributed by atoms with Gasteiger partial charge in [0.1, 0.15) is 0 Å². The predicted molar refractivity (Wildman–Crippen MR) is 56.0 cm³/mol. The van der Waals surface area contributed by atoms with Crippen LogP contribution < -0.4 is 10.7 Å². The van der Waals surface area contributed by atoms with E-state index in [1.165, 1.54) is 0 Å². The van der Waals surface area contributed by atoms with Crippen LogP contribution >= 0.6 is 0 Å². The van der Waals surface area contributed by atoms with E-state index in [1.807, 2.05) is 31.2 Å². The maximum Gasteiger partial charge on any atom is 0.212 e. The predicted octanol–water partition coefficient (Wildman–Crippen LogP) is 0.622. The fraction of sp³-hybridized carbons (Fsp3) is 0.200. The van der Waals surface area contributed by atoms with E-state index in [1.54, 1.807) is 7.05 Å². The van der Waals surface area contributed by atoms with Crippen molar-refractivity contribution in [3.63, 3.8) is 0 Å². The Morgan fingerprint density at radius 3 is 2.71 bits per heavy atom. The monoisotopic (exact) mass is 191 g/mol. The molecule has 0 aliphatic heterocycles. The SMILES string of the molecule is CN/N=C(\NC=O)c1ccccc1C. The summed E-state index contributed by atoms with van der Waals surface area (Å²) in [5.41, 5.74) is 4.62. The van der Waals surface area contributed by atoms with Crippen molar-refractivity contribution >= 4 is 12.2 Å². The molecule has 0 saturated carbocycles. The molecule has 0 spiro atoms. The lowest BCUT2D eigenvalue weighted by molar-refractivity contribution is -0.108. The molecule has 0 fully saturated rings. The molecule has 1 aromatic carbocycles. The van der Waals surface area contributed by atoms with Crippen LogP contribution in [0.5, 0.6) is 0 Å². The Bertz CT molecular complexity index is 347. The number of aryl methyl sites for hydroxylation is 1. The van der Waals surface area contributed by atoms with Crippen molar-refractivity contribution in [2.24, 2.45) is 5.10 Å². The molecule has 0 aliphatic rings. The van der Waals surface area contributed by atoms with Crippen molar-refractivity contribution in [3.8, 4) is 0 Å². The van der Waals surface area contributed by atoms with Crippen molar-refractivity contribution < 1.29 is 4.79 Å². The molecule has 1 rings (SSSR count). The zero-order valence-corrected chi connectivity index (χ0v) is 8.24. The maximum absolute atomic E-state index is 10.4. The van der Waals surface area contributed by atoms with Crippen molar-refractivity contribution in [2.45, 2.75) is 6.92 Å². The summed E-state index contributed by atoms with van der Waals surface area (Å²) >= 11 is 0. The number of nitrogens with zero attached hydrogens (tertiary/aromatic N) is 1. The Morgan fingerprint density at radius 1 is 1.43 bits per heavy atom. The first-order chi connectivity index (χ1) is 6.79. The topological polar surface area (TPSA) is 53.5 Å². The van der Waals surface area contributed by atoms with Gasteiger partial charge in [0.25, 0.3) is 0 Å². The highest BCUT2D eigenvalue weighted by Crippen LogP contribution is 2.06. The third kappa shape index (κ3) is 2.32. The number of amidine groups is 1. The van der Waals surface area contributed by atoms with Crippen LogP contribution in [0.4, 0.5) is 0 Å². The van der Waals surface area contributed by atoms with E-state index in [4.69, 9.17) is 0 Å². The Hall–Kier alpha value is -1.84. The summed E-state index contributed by atoms with van der Waals surface area (Å²) in [5, 5.41) is 6.52. The van der Waals surface area contributed by atoms with Crippen LogP contribution in [0.25, 0.3) is 0 Å². The fourth-order valence-corrected chi connectivity index (χ4v) is 1.18. The smallest absolute Gasteiger partial charge is 0.212 e. The number of hydrogen-bond donors (Lipinski definition) is 2. The molecule has 1 amide bonds. The van der Waals surface area contributed by atoms with Gasteiger partial charge in [-0.2, -0.15) is 5.10 Å². The van der Waals surface area contributed by atoms with Crippen LogP contribution in [-0.4, -0.2) is 19.3 Å². The molecule has 4 nitrogen and oxygen atoms in total. The van der Waals surface area contributed by atoms with Crippen LogP contribution in [-0.2, 0) is 4.79 Å². The molecule has 4 heteroatoms. The Morgan fingerprint density at radius 2 is 2.14 bits per heavy atom. The molecule has 0 saturated heterocycles. The van der Waals surface area contributed by atoms with Gasteiger partial charge >= 0.3 is 0 Å². The van der Waals surface area contributed by atoms with E-state index in [0.717, 1.165) is 11.1 Å². The molecule has 0 aromatic heterocycles. The summed E-state index contributed by atoms with van der Waals surface area (Å²) in [5.74, 6) is 0.528. The minimum absolute atomic E-state index is 0.528. The minimum Gasteiger partial charge on any atom is -0.311 e. The number of amides is 1. The summed E-state index contributed by atoms with van der Waals surface area (Å²) < 4.78 is 0. The van der Waals surface area contributed by atoms with Crippen molar-refractivity contribution in [3.05, 3.63) is 35.4 Å². The van der Waals surface area contributed by atoms with Crippen molar-refractivity contribution in [1.82, 2.24) is 10.7 Å². The van der Waals surface area contributed by atoms with Gasteiger partial charge in [0.2, 0.25) is 6.41 Å². The van der Waals surface area contributed by atoms with E-state index < -0.39 is 0 Å². The molecule has 1 aromatic rings. The van der Waals surface area contributed by atoms with Crippen LogP contribution in [0.15, 0.2) is 29.4 Å². The normalized spacial score (nSPS) is 10.9. The first kappa shape index (κ1) is 10.2. The van der Waals surface area contributed by atoms with Gasteiger partial charge < -0.3 is 10.7 Å². The first-order valence-electron chi connectivity index (χ1n) is 4.30. The number of carbonyl (C=O) groups is 1. The standard InChI is InChI=1S/C10H13N3O/c1-8-5-3-4-6-9(8)10(12-7-14)13-11-2/h3-7,11H,1-2H3,(H,12,13,14). The van der Waals surface area contributed by atoms with E-state index in [2.05, 4.69) is 15.8 Å². The summed E-state index contributed by atoms with van der Waals surface area (Å²) in [7, 11) is 1.69. The van der Waals surface area contributed by atoms with Gasteiger partial charge in [-0.3, -0.25) is 4.79 Å². The van der Waals surface area contributed by atoms with Crippen LogP contribution in [0.3, 0.4) is 0 Å². The molecular weight excluding hydrogens is 178 g/mol. The quantitative estimate of drug-likeness (QED) is 0.318. The van der Waals surface area contributed by atoms with E-state index in [9.17, 15) is 4.79 Å². The summed E-state index contributed by atoms with van der Waals surface area (Å²) in [6.45, 7) is 1.97. The zero-order valence-electron chi connectivity index (χ0n) is 8.24. The lowest BCUT2D eigenvalue weighted by Crippen LogP contribution is -2.25. The van der Waals surface area contributed by atoms with Crippen LogP contribution in [0, 0.1) is 6.92 Å². The van der Waals surface area contributed by atoms with Gasteiger partial charge in [-0.1, -0.05) is 24.3 Å². The number of hydrazone groups is 1. The number of hydrogen-bond acceptors (Lipinski definition) is 3. The highest BCUT2D eigenvalue weighted by Gasteiger charge is 2.04. The molecule has 74 valence electrons. The third-order valence-corrected chi connectivity index (χ3v) is 1.82. The second kappa shape index (κ2) is 5.01. The second-order valence-corrected chi connectivity index (χ2v) is 2.76. The molecule has 0 radical (unpaired) electrons. The summed E-state index contributed by atoms with van der Waals surface area (Å²) in [6, 6.07) is 7.71. The third-order valence-electron chi connectivity index (χ3n) is 1.82. The van der Waals surface area contributed by atoms with Gasteiger partial charge in [-0.05, 0) is 12.5 Å². The molecule has 14 heavy (non-hydrogen) atoms. The van der Waals surface area contributed by atoms with Crippen molar-refractivity contribution in [1.29, 1.82) is 0 Å². The van der Waals surface area contributed by atoms with Gasteiger partial charge in [0, 0.05) is 12.6 Å². The lowest BCUT2D eigenvalue weighted by Gasteiger charge is -2.07. The number of rotatable bonds is 3. The van der Waals surface area contributed by atoms with Crippen LogP contribution in [0.1, 0.15) is 11.1 Å². The molecular formula is C10H13N3O. The van der Waals surface area contributed by atoms with Gasteiger partial charge in [-0.15, -0.1) is 0 Å². The van der Waals surface area contributed by atoms with Gasteiger partial charge in [-0.25, -0.2) is 0 Å². The number of nitrogens with one attached hydrogen (secondary N) is 2. The van der Waals surface area contributed by atoms with E-state index >= 15 is 0 Å². The lowest BCUT2D eigenvalue weighted by atomic mass is 10.1. The Kier molecular flexibility index (Phi) is 3.67. The molecule has 0 heterocycles. The summed E-state index contributed by atoms with van der Waals surface area (Å²) in [4.78, 5) is 10.4. The largest absolute Gasteiger partial charge is 0.311 e.